The summed E-state index contributed by atoms with van der Waals surface area (Å²) in [5, 5.41) is 15.7. The summed E-state index contributed by atoms with van der Waals surface area (Å²) >= 11 is 0. The molecule has 0 unspecified atom stereocenters. The van der Waals surface area contributed by atoms with Crippen molar-refractivity contribution in [2.45, 2.75) is 18.7 Å². The van der Waals surface area contributed by atoms with E-state index in [9.17, 15) is 18.5 Å². The van der Waals surface area contributed by atoms with E-state index >= 15 is 0 Å². The average molecular weight is 483 g/mol. The van der Waals surface area contributed by atoms with Crippen molar-refractivity contribution >= 4 is 33.3 Å². The van der Waals surface area contributed by atoms with Gasteiger partial charge in [-0.05, 0) is 61.4 Å². The van der Waals surface area contributed by atoms with Gasteiger partial charge >= 0.3 is 0 Å². The SMILES string of the molecule is Cc1ccc(NS(=O)(=O)c2ccc(NN=Cc3ccc4c(c3)OCCO4)c([N+](=O)[O-])c2)c(C)c1. The molecule has 0 fully saturated rings. The number of sulfonamides is 1. The maximum absolute atomic E-state index is 12.8. The second-order valence-corrected chi connectivity index (χ2v) is 9.32. The summed E-state index contributed by atoms with van der Waals surface area (Å²) in [7, 11) is -4.04. The van der Waals surface area contributed by atoms with Gasteiger partial charge < -0.3 is 9.47 Å². The number of hydrogen-bond acceptors (Lipinski definition) is 8. The monoisotopic (exact) mass is 482 g/mol. The molecule has 0 aliphatic carbocycles. The van der Waals surface area contributed by atoms with Gasteiger partial charge in [-0.1, -0.05) is 17.7 Å². The van der Waals surface area contributed by atoms with Crippen molar-refractivity contribution in [3.05, 3.63) is 81.4 Å². The average Bonchev–Trinajstić information content (AvgIpc) is 2.81. The molecule has 3 aromatic carbocycles. The van der Waals surface area contributed by atoms with Crippen LogP contribution in [0.4, 0.5) is 17.1 Å². The molecule has 0 aromatic heterocycles. The third kappa shape index (κ3) is 5.09. The number of ether oxygens (including phenoxy) is 2. The van der Waals surface area contributed by atoms with E-state index in [1.54, 1.807) is 37.3 Å². The molecule has 176 valence electrons. The number of benzene rings is 3. The summed E-state index contributed by atoms with van der Waals surface area (Å²) in [5.41, 5.74) is 5.05. The quantitative estimate of drug-likeness (QED) is 0.293. The summed E-state index contributed by atoms with van der Waals surface area (Å²) in [5.74, 6) is 1.23. The highest BCUT2D eigenvalue weighted by Crippen LogP contribution is 2.31. The zero-order valence-corrected chi connectivity index (χ0v) is 19.3. The van der Waals surface area contributed by atoms with Crippen molar-refractivity contribution in [3.63, 3.8) is 0 Å². The lowest BCUT2D eigenvalue weighted by atomic mass is 10.1. The Bertz CT molecular complexity index is 1390. The molecule has 3 aromatic rings. The van der Waals surface area contributed by atoms with E-state index in [0.717, 1.165) is 17.2 Å². The van der Waals surface area contributed by atoms with Gasteiger partial charge in [0.1, 0.15) is 18.9 Å². The molecule has 0 saturated heterocycles. The van der Waals surface area contributed by atoms with Gasteiger partial charge in [-0.2, -0.15) is 5.10 Å². The van der Waals surface area contributed by atoms with Crippen LogP contribution in [0.5, 0.6) is 11.5 Å². The van der Waals surface area contributed by atoms with Crippen LogP contribution in [-0.2, 0) is 10.0 Å². The van der Waals surface area contributed by atoms with Gasteiger partial charge in [-0.25, -0.2) is 8.42 Å². The van der Waals surface area contributed by atoms with E-state index in [2.05, 4.69) is 15.2 Å². The highest BCUT2D eigenvalue weighted by Gasteiger charge is 2.22. The molecule has 2 N–H and O–H groups in total. The topological polar surface area (TPSA) is 132 Å². The molecule has 1 aliphatic heterocycles. The first-order valence-electron chi connectivity index (χ1n) is 10.3. The molecule has 0 saturated carbocycles. The Kier molecular flexibility index (Phi) is 6.37. The number of nitro groups is 1. The molecule has 10 nitrogen and oxygen atoms in total. The van der Waals surface area contributed by atoms with E-state index in [1.165, 1.54) is 18.3 Å². The second-order valence-electron chi connectivity index (χ2n) is 7.63. The standard InChI is InChI=1S/C23H22N4O6S/c1-15-3-6-19(16(2)11-15)26-34(30,31)18-5-7-20(21(13-18)27(28)29)25-24-14-17-4-8-22-23(12-17)33-10-9-32-22/h3-8,11-14,25-26H,9-10H2,1-2H3. The number of hydrogen-bond donors (Lipinski definition) is 2. The Morgan fingerprint density at radius 1 is 0.971 bits per heavy atom. The van der Waals surface area contributed by atoms with Crippen LogP contribution in [0.15, 0.2) is 64.6 Å². The van der Waals surface area contributed by atoms with Crippen LogP contribution >= 0.6 is 0 Å². The smallest absolute Gasteiger partial charge is 0.295 e. The van der Waals surface area contributed by atoms with Crippen LogP contribution in [0.25, 0.3) is 0 Å². The fourth-order valence-corrected chi connectivity index (χ4v) is 4.52. The van der Waals surface area contributed by atoms with Gasteiger partial charge in [0.05, 0.1) is 21.7 Å². The van der Waals surface area contributed by atoms with Gasteiger partial charge in [-0.15, -0.1) is 0 Å². The summed E-state index contributed by atoms with van der Waals surface area (Å²) in [6.07, 6.45) is 1.47. The molecular weight excluding hydrogens is 460 g/mol. The highest BCUT2D eigenvalue weighted by atomic mass is 32.2. The molecule has 0 amide bonds. The molecule has 0 spiro atoms. The van der Waals surface area contributed by atoms with E-state index in [0.29, 0.717) is 36.0 Å². The Labute approximate surface area is 196 Å². The van der Waals surface area contributed by atoms with Crippen molar-refractivity contribution in [2.24, 2.45) is 5.10 Å². The summed E-state index contributed by atoms with van der Waals surface area (Å²) in [6, 6.07) is 14.1. The molecule has 0 radical (unpaired) electrons. The molecule has 0 bridgehead atoms. The number of nitro benzene ring substituents is 1. The molecular formula is C23H22N4O6S. The lowest BCUT2D eigenvalue weighted by Crippen LogP contribution is -2.15. The van der Waals surface area contributed by atoms with Gasteiger partial charge in [0.2, 0.25) is 0 Å². The van der Waals surface area contributed by atoms with E-state index in [1.807, 2.05) is 13.0 Å². The van der Waals surface area contributed by atoms with Crippen molar-refractivity contribution in [1.82, 2.24) is 0 Å². The first-order valence-corrected chi connectivity index (χ1v) is 11.8. The number of fused-ring (bicyclic) bond motifs is 1. The minimum Gasteiger partial charge on any atom is -0.486 e. The molecule has 1 aliphatic rings. The maximum atomic E-state index is 12.8. The Morgan fingerprint density at radius 2 is 1.71 bits per heavy atom. The summed E-state index contributed by atoms with van der Waals surface area (Å²) in [6.45, 7) is 4.61. The van der Waals surface area contributed by atoms with Crippen molar-refractivity contribution in [1.29, 1.82) is 0 Å². The highest BCUT2D eigenvalue weighted by molar-refractivity contribution is 7.92. The number of nitrogens with one attached hydrogen (secondary N) is 2. The van der Waals surface area contributed by atoms with Crippen LogP contribution in [-0.4, -0.2) is 32.8 Å². The van der Waals surface area contributed by atoms with Crippen LogP contribution in [0, 0.1) is 24.0 Å². The first kappa shape index (κ1) is 23.1. The minimum absolute atomic E-state index is 0.0456. The molecule has 34 heavy (non-hydrogen) atoms. The molecule has 4 rings (SSSR count). The maximum Gasteiger partial charge on any atom is 0.295 e. The number of rotatable bonds is 7. The van der Waals surface area contributed by atoms with E-state index in [4.69, 9.17) is 9.47 Å². The predicted octanol–water partition coefficient (Wildman–Crippen LogP) is 4.23. The van der Waals surface area contributed by atoms with Crippen LogP contribution in [0.2, 0.25) is 0 Å². The molecule has 1 heterocycles. The number of aryl methyl sites for hydroxylation is 2. The van der Waals surface area contributed by atoms with Crippen molar-refractivity contribution in [3.8, 4) is 11.5 Å². The Balaban J connectivity index is 1.54. The number of nitrogens with zero attached hydrogens (tertiary/aromatic N) is 2. The number of hydrazone groups is 1. The van der Waals surface area contributed by atoms with Crippen LogP contribution < -0.4 is 19.6 Å². The van der Waals surface area contributed by atoms with Gasteiger partial charge in [0, 0.05) is 6.07 Å². The summed E-state index contributed by atoms with van der Waals surface area (Å²) in [4.78, 5) is 10.7. The fourth-order valence-electron chi connectivity index (χ4n) is 3.37. The number of anilines is 2. The van der Waals surface area contributed by atoms with Gasteiger partial charge in [-0.3, -0.25) is 20.3 Å². The van der Waals surface area contributed by atoms with Gasteiger partial charge in [0.15, 0.2) is 11.5 Å². The van der Waals surface area contributed by atoms with Gasteiger partial charge in [0.25, 0.3) is 15.7 Å². The zero-order chi connectivity index (χ0) is 24.3. The zero-order valence-electron chi connectivity index (χ0n) is 18.4. The summed E-state index contributed by atoms with van der Waals surface area (Å²) < 4.78 is 39.1. The largest absolute Gasteiger partial charge is 0.486 e. The normalized spacial score (nSPS) is 13.0. The van der Waals surface area contributed by atoms with Crippen molar-refractivity contribution in [2.75, 3.05) is 23.4 Å². The Morgan fingerprint density at radius 3 is 2.44 bits per heavy atom. The lowest BCUT2D eigenvalue weighted by molar-refractivity contribution is -0.384. The predicted molar refractivity (Wildman–Crippen MR) is 128 cm³/mol. The molecule has 11 heteroatoms. The third-order valence-corrected chi connectivity index (χ3v) is 6.43. The van der Waals surface area contributed by atoms with Crippen molar-refractivity contribution < 1.29 is 22.8 Å². The molecule has 0 atom stereocenters. The third-order valence-electron chi connectivity index (χ3n) is 5.07. The first-order chi connectivity index (χ1) is 16.2. The van der Waals surface area contributed by atoms with Crippen LogP contribution in [0.1, 0.15) is 16.7 Å². The minimum atomic E-state index is -4.04. The van der Waals surface area contributed by atoms with E-state index in [-0.39, 0.29) is 10.6 Å². The lowest BCUT2D eigenvalue weighted by Gasteiger charge is -2.18. The fraction of sp³-hybridized carbons (Fsp3) is 0.174. The second kappa shape index (κ2) is 9.40. The van der Waals surface area contributed by atoms with E-state index < -0.39 is 20.6 Å². The Hall–Kier alpha value is -4.12. The van der Waals surface area contributed by atoms with Crippen LogP contribution in [0.3, 0.4) is 0 Å².